The van der Waals surface area contributed by atoms with E-state index in [0.29, 0.717) is 11.6 Å². The molecule has 2 aromatic carbocycles. The van der Waals surface area contributed by atoms with Crippen LogP contribution in [0.15, 0.2) is 27.8 Å². The van der Waals surface area contributed by atoms with Crippen LogP contribution in [0.5, 0.6) is 0 Å². The topological polar surface area (TPSA) is 65.7 Å². The first-order chi connectivity index (χ1) is 10.8. The number of nitrogens with one attached hydrogen (secondary N) is 2. The molecule has 0 spiro atoms. The second-order valence-corrected chi connectivity index (χ2v) is 5.75. The van der Waals surface area contributed by atoms with Gasteiger partial charge in [0.05, 0.1) is 15.9 Å². The van der Waals surface area contributed by atoms with E-state index in [1.807, 2.05) is 0 Å². The van der Waals surface area contributed by atoms with Gasteiger partial charge in [-0.1, -0.05) is 23.2 Å². The number of aromatic amines is 2. The highest BCUT2D eigenvalue weighted by atomic mass is 35.5. The van der Waals surface area contributed by atoms with Crippen molar-refractivity contribution in [3.63, 3.8) is 0 Å². The fourth-order valence-corrected chi connectivity index (χ4v) is 2.99. The Labute approximate surface area is 137 Å². The first kappa shape index (κ1) is 15.7. The van der Waals surface area contributed by atoms with Crippen molar-refractivity contribution in [3.8, 4) is 11.1 Å². The smallest absolute Gasteiger partial charge is 0.307 e. The molecule has 1 heterocycles. The van der Waals surface area contributed by atoms with Gasteiger partial charge in [0.2, 0.25) is 0 Å². The molecule has 1 aromatic heterocycles. The molecular weight excluding hydrogens is 349 g/mol. The SMILES string of the molecule is Cc1c(-c2cc(Cl)c(F)cc2F)c(Cl)cc2c(=O)[nH]c(=O)[nH]c12. The van der Waals surface area contributed by atoms with E-state index in [1.165, 1.54) is 6.07 Å². The average molecular weight is 357 g/mol. The molecule has 0 radical (unpaired) electrons. The molecule has 0 aliphatic heterocycles. The fraction of sp³-hybridized carbons (Fsp3) is 0.0667. The minimum absolute atomic E-state index is 0.0260. The van der Waals surface area contributed by atoms with Gasteiger partial charge >= 0.3 is 5.69 Å². The van der Waals surface area contributed by atoms with Crippen LogP contribution in [0.1, 0.15) is 5.56 Å². The molecule has 0 amide bonds. The first-order valence-corrected chi connectivity index (χ1v) is 7.15. The summed E-state index contributed by atoms with van der Waals surface area (Å²) in [6, 6.07) is 3.07. The molecule has 0 aliphatic rings. The highest BCUT2D eigenvalue weighted by Gasteiger charge is 2.18. The Hall–Kier alpha value is -2.18. The average Bonchev–Trinajstić information content (AvgIpc) is 2.46. The van der Waals surface area contributed by atoms with Gasteiger partial charge in [0.15, 0.2) is 0 Å². The Balaban J connectivity index is 2.46. The van der Waals surface area contributed by atoms with Crippen molar-refractivity contribution in [1.82, 2.24) is 9.97 Å². The zero-order chi connectivity index (χ0) is 16.9. The van der Waals surface area contributed by atoms with Crippen molar-refractivity contribution in [2.24, 2.45) is 0 Å². The highest BCUT2D eigenvalue weighted by molar-refractivity contribution is 6.35. The zero-order valence-electron chi connectivity index (χ0n) is 11.6. The van der Waals surface area contributed by atoms with Gasteiger partial charge in [-0.05, 0) is 24.6 Å². The van der Waals surface area contributed by atoms with Gasteiger partial charge < -0.3 is 4.98 Å². The second kappa shape index (κ2) is 5.47. The van der Waals surface area contributed by atoms with E-state index in [1.54, 1.807) is 6.92 Å². The summed E-state index contributed by atoms with van der Waals surface area (Å²) in [7, 11) is 0. The Kier molecular flexibility index (Phi) is 3.74. The predicted octanol–water partition coefficient (Wildman–Crippen LogP) is 3.78. The zero-order valence-corrected chi connectivity index (χ0v) is 13.1. The molecule has 0 unspecified atom stereocenters. The van der Waals surface area contributed by atoms with Crippen LogP contribution in [0.3, 0.4) is 0 Å². The van der Waals surface area contributed by atoms with E-state index in [2.05, 4.69) is 9.97 Å². The number of benzene rings is 2. The number of fused-ring (bicyclic) bond motifs is 1. The van der Waals surface area contributed by atoms with Crippen molar-refractivity contribution in [3.05, 3.63) is 66.3 Å². The van der Waals surface area contributed by atoms with E-state index < -0.39 is 22.9 Å². The van der Waals surface area contributed by atoms with Crippen molar-refractivity contribution in [2.45, 2.75) is 6.92 Å². The van der Waals surface area contributed by atoms with Crippen molar-refractivity contribution < 1.29 is 8.78 Å². The van der Waals surface area contributed by atoms with Crippen LogP contribution in [0.2, 0.25) is 10.0 Å². The molecule has 118 valence electrons. The molecule has 0 bridgehead atoms. The Morgan fingerprint density at radius 1 is 0.957 bits per heavy atom. The van der Waals surface area contributed by atoms with Crippen LogP contribution in [0.4, 0.5) is 8.78 Å². The quantitative estimate of drug-likeness (QED) is 0.651. The minimum Gasteiger partial charge on any atom is -0.307 e. The summed E-state index contributed by atoms with van der Waals surface area (Å²) in [6.45, 7) is 1.57. The summed E-state index contributed by atoms with van der Waals surface area (Å²) >= 11 is 11.9. The van der Waals surface area contributed by atoms with E-state index >= 15 is 0 Å². The third-order valence-electron chi connectivity index (χ3n) is 3.52. The number of aryl methyl sites for hydroxylation is 1. The summed E-state index contributed by atoms with van der Waals surface area (Å²) in [6.07, 6.45) is 0. The van der Waals surface area contributed by atoms with E-state index in [4.69, 9.17) is 23.2 Å². The molecule has 3 aromatic rings. The summed E-state index contributed by atoms with van der Waals surface area (Å²) in [4.78, 5) is 27.9. The lowest BCUT2D eigenvalue weighted by Gasteiger charge is -2.13. The lowest BCUT2D eigenvalue weighted by atomic mass is 9.97. The van der Waals surface area contributed by atoms with Crippen LogP contribution in [0, 0.1) is 18.6 Å². The molecule has 4 nitrogen and oxygen atoms in total. The molecule has 23 heavy (non-hydrogen) atoms. The fourth-order valence-electron chi connectivity index (χ4n) is 2.48. The third kappa shape index (κ3) is 2.54. The Morgan fingerprint density at radius 3 is 2.35 bits per heavy atom. The minimum atomic E-state index is -0.896. The number of hydrogen-bond donors (Lipinski definition) is 2. The third-order valence-corrected chi connectivity index (χ3v) is 4.11. The maximum absolute atomic E-state index is 14.1. The van der Waals surface area contributed by atoms with Gasteiger partial charge in [0, 0.05) is 22.2 Å². The monoisotopic (exact) mass is 356 g/mol. The van der Waals surface area contributed by atoms with Crippen LogP contribution in [0.25, 0.3) is 22.0 Å². The number of halogens is 4. The van der Waals surface area contributed by atoms with Crippen LogP contribution in [-0.2, 0) is 0 Å². The van der Waals surface area contributed by atoms with Gasteiger partial charge in [-0.15, -0.1) is 0 Å². The van der Waals surface area contributed by atoms with Crippen molar-refractivity contribution in [1.29, 1.82) is 0 Å². The summed E-state index contributed by atoms with van der Waals surface area (Å²) in [5.74, 6) is -1.75. The number of rotatable bonds is 1. The maximum Gasteiger partial charge on any atom is 0.326 e. The number of H-pyrrole nitrogens is 2. The van der Waals surface area contributed by atoms with Gasteiger partial charge in [0.1, 0.15) is 11.6 Å². The summed E-state index contributed by atoms with van der Waals surface area (Å²) in [5, 5.41) is -0.0324. The van der Waals surface area contributed by atoms with Gasteiger partial charge in [-0.25, -0.2) is 13.6 Å². The first-order valence-electron chi connectivity index (χ1n) is 6.40. The lowest BCUT2D eigenvalue weighted by molar-refractivity contribution is 0.586. The molecule has 3 rings (SSSR count). The van der Waals surface area contributed by atoms with E-state index in [9.17, 15) is 18.4 Å². The van der Waals surface area contributed by atoms with Gasteiger partial charge in [-0.2, -0.15) is 0 Å². The van der Waals surface area contributed by atoms with E-state index in [0.717, 1.165) is 6.07 Å². The molecule has 0 atom stereocenters. The summed E-state index contributed by atoms with van der Waals surface area (Å²) in [5.41, 5.74) is -0.522. The Bertz CT molecular complexity index is 1070. The molecule has 2 N–H and O–H groups in total. The van der Waals surface area contributed by atoms with Gasteiger partial charge in [-0.3, -0.25) is 9.78 Å². The standard InChI is InChI=1S/C15H8Cl2F2N2O2/c1-5-12(6-2-8(16)11(19)4-10(6)18)9(17)3-7-13(5)20-15(23)21-14(7)22/h2-4H,1H3,(H2,20,21,22,23). The summed E-state index contributed by atoms with van der Waals surface area (Å²) < 4.78 is 27.5. The highest BCUT2D eigenvalue weighted by Crippen LogP contribution is 2.37. The van der Waals surface area contributed by atoms with Crippen molar-refractivity contribution >= 4 is 34.1 Å². The van der Waals surface area contributed by atoms with Crippen molar-refractivity contribution in [2.75, 3.05) is 0 Å². The molecule has 0 saturated heterocycles. The molecule has 0 saturated carbocycles. The lowest BCUT2D eigenvalue weighted by Crippen LogP contribution is -2.22. The Morgan fingerprint density at radius 2 is 1.65 bits per heavy atom. The normalized spacial score (nSPS) is 11.2. The molecule has 0 fully saturated rings. The van der Waals surface area contributed by atoms with Crippen LogP contribution >= 0.6 is 23.2 Å². The largest absolute Gasteiger partial charge is 0.326 e. The number of aromatic nitrogens is 2. The number of hydrogen-bond acceptors (Lipinski definition) is 2. The van der Waals surface area contributed by atoms with Gasteiger partial charge in [0.25, 0.3) is 5.56 Å². The second-order valence-electron chi connectivity index (χ2n) is 4.94. The predicted molar refractivity (Wildman–Crippen MR) is 85.3 cm³/mol. The van der Waals surface area contributed by atoms with E-state index in [-0.39, 0.29) is 32.1 Å². The molecule has 8 heteroatoms. The molecular formula is C15H8Cl2F2N2O2. The molecule has 0 aliphatic carbocycles. The van der Waals surface area contributed by atoms with Crippen LogP contribution < -0.4 is 11.2 Å². The maximum atomic E-state index is 14.1. The van der Waals surface area contributed by atoms with Crippen LogP contribution in [-0.4, -0.2) is 9.97 Å².